The summed E-state index contributed by atoms with van der Waals surface area (Å²) in [5.74, 6) is 5.13. The molecule has 1 aliphatic carbocycles. The normalized spacial score (nSPS) is 17.1. The molecule has 1 aromatic rings. The summed E-state index contributed by atoms with van der Waals surface area (Å²) in [6.07, 6.45) is 3.63. The molecule has 156 valence electrons. The van der Waals surface area contributed by atoms with Crippen LogP contribution in [0.25, 0.3) is 0 Å². The molecular weight excluding hydrogens is 413 g/mol. The Kier molecular flexibility index (Phi) is 7.73. The van der Waals surface area contributed by atoms with Gasteiger partial charge in [-0.05, 0) is 43.2 Å². The van der Waals surface area contributed by atoms with Crippen molar-refractivity contribution < 1.29 is 9.59 Å². The molecule has 0 spiro atoms. The molecule has 9 heteroatoms. The van der Waals surface area contributed by atoms with Gasteiger partial charge >= 0.3 is 0 Å². The molecule has 0 radical (unpaired) electrons. The number of nitrogens with one attached hydrogen (secondary N) is 2. The maximum Gasteiger partial charge on any atom is 0.270 e. The summed E-state index contributed by atoms with van der Waals surface area (Å²) < 4.78 is 0. The second-order valence-corrected chi connectivity index (χ2v) is 7.92. The van der Waals surface area contributed by atoms with E-state index in [4.69, 9.17) is 34.8 Å². The zero-order valence-corrected chi connectivity index (χ0v) is 18.0. The average Bonchev–Trinajstić information content (AvgIpc) is 2.67. The monoisotopic (exact) mass is 437 g/mol. The van der Waals surface area contributed by atoms with Crippen LogP contribution in [0.3, 0.4) is 0 Å². The van der Waals surface area contributed by atoms with Crippen LogP contribution >= 0.6 is 23.2 Å². The Hall–Kier alpha value is -2.48. The Morgan fingerprint density at radius 2 is 1.93 bits per heavy atom. The smallest absolute Gasteiger partial charge is 0.270 e. The van der Waals surface area contributed by atoms with E-state index in [0.29, 0.717) is 39.7 Å². The third kappa shape index (κ3) is 5.76. The number of rotatable bonds is 6. The number of nitrogens with two attached hydrogens (primary N) is 2. The summed E-state index contributed by atoms with van der Waals surface area (Å²) in [6, 6.07) is 6.57. The van der Waals surface area contributed by atoms with Crippen molar-refractivity contribution >= 4 is 40.7 Å². The van der Waals surface area contributed by atoms with Gasteiger partial charge in [0.1, 0.15) is 0 Å². The van der Waals surface area contributed by atoms with E-state index in [9.17, 15) is 9.59 Å². The molecule has 29 heavy (non-hydrogen) atoms. The van der Waals surface area contributed by atoms with E-state index >= 15 is 0 Å². The summed E-state index contributed by atoms with van der Waals surface area (Å²) in [6.45, 7) is 5.42. The zero-order valence-electron chi connectivity index (χ0n) is 16.5. The minimum atomic E-state index is -0.432. The van der Waals surface area contributed by atoms with Crippen molar-refractivity contribution in [3.05, 3.63) is 64.0 Å². The highest BCUT2D eigenvalue weighted by molar-refractivity contribution is 6.37. The fraction of sp³-hybridized carbons (Fsp3) is 0.300. The molecule has 7 nitrogen and oxygen atoms in total. The number of allylic oxidation sites excluding steroid dienone is 5. The van der Waals surface area contributed by atoms with Crippen molar-refractivity contribution in [3.63, 3.8) is 0 Å². The Morgan fingerprint density at radius 1 is 1.24 bits per heavy atom. The molecule has 0 fully saturated rings. The van der Waals surface area contributed by atoms with E-state index < -0.39 is 11.3 Å². The van der Waals surface area contributed by atoms with Gasteiger partial charge in [-0.2, -0.15) is 0 Å². The van der Waals surface area contributed by atoms with Crippen LogP contribution in [0.2, 0.25) is 0 Å². The number of alkyl halides is 1. The largest absolute Gasteiger partial charge is 0.399 e. The van der Waals surface area contributed by atoms with Crippen molar-refractivity contribution in [2.75, 3.05) is 5.73 Å². The topological polar surface area (TPSA) is 113 Å². The van der Waals surface area contributed by atoms with Crippen LogP contribution in [0.15, 0.2) is 58.4 Å². The highest BCUT2D eigenvalue weighted by atomic mass is 35.5. The van der Waals surface area contributed by atoms with Gasteiger partial charge in [-0.3, -0.25) is 15.0 Å². The highest BCUT2D eigenvalue weighted by Gasteiger charge is 2.26. The lowest BCUT2D eigenvalue weighted by atomic mass is 9.99. The van der Waals surface area contributed by atoms with Gasteiger partial charge in [0.15, 0.2) is 0 Å². The molecule has 0 aliphatic heterocycles. The minimum absolute atomic E-state index is 0.152. The van der Waals surface area contributed by atoms with Crippen molar-refractivity contribution in [1.82, 2.24) is 15.9 Å². The van der Waals surface area contributed by atoms with Crippen LogP contribution in [-0.2, 0) is 4.79 Å². The Balaban J connectivity index is 2.16. The first-order valence-corrected chi connectivity index (χ1v) is 9.85. The predicted octanol–water partition coefficient (Wildman–Crippen LogP) is 3.15. The number of hydrogen-bond acceptors (Lipinski definition) is 5. The van der Waals surface area contributed by atoms with Crippen LogP contribution in [0.4, 0.5) is 5.69 Å². The number of carbonyl (C=O) groups is 2. The lowest BCUT2D eigenvalue weighted by Crippen LogP contribution is -2.42. The fourth-order valence-corrected chi connectivity index (χ4v) is 3.25. The third-order valence-electron chi connectivity index (χ3n) is 4.37. The van der Waals surface area contributed by atoms with Gasteiger partial charge in [0.05, 0.1) is 5.38 Å². The number of amides is 2. The SMILES string of the molecule is C/C(NNC(=O)c1cccc(N)c1)=C(/C(=O)N(N)C1=CC=C(Cl)C(Cl)C1)C(C)C. The number of anilines is 1. The molecule has 0 aromatic heterocycles. The molecule has 0 saturated heterocycles. The van der Waals surface area contributed by atoms with Crippen LogP contribution in [-0.4, -0.2) is 22.2 Å². The lowest BCUT2D eigenvalue weighted by Gasteiger charge is -2.27. The van der Waals surface area contributed by atoms with Gasteiger partial charge in [-0.1, -0.05) is 31.5 Å². The molecule has 1 atom stereocenters. The predicted molar refractivity (Wildman–Crippen MR) is 116 cm³/mol. The van der Waals surface area contributed by atoms with Crippen LogP contribution in [0.1, 0.15) is 37.6 Å². The van der Waals surface area contributed by atoms with Gasteiger partial charge in [-0.25, -0.2) is 10.9 Å². The fourth-order valence-electron chi connectivity index (χ4n) is 2.88. The second-order valence-electron chi connectivity index (χ2n) is 6.95. The lowest BCUT2D eigenvalue weighted by molar-refractivity contribution is -0.126. The Labute approximate surface area is 180 Å². The number of hydrazine groups is 2. The quantitative estimate of drug-likeness (QED) is 0.136. The van der Waals surface area contributed by atoms with E-state index in [2.05, 4.69) is 10.9 Å². The van der Waals surface area contributed by atoms with Gasteiger partial charge in [0.2, 0.25) is 0 Å². The standard InChI is InChI=1S/C20H25Cl2N5O2/c1-11(2)18(20(29)27(24)15-7-8-16(21)17(22)10-15)12(3)25-26-19(28)13-5-4-6-14(23)9-13/h4-9,11,17,25H,10,23-24H2,1-3H3,(H,26,28)/b18-12-. The highest BCUT2D eigenvalue weighted by Crippen LogP contribution is 2.28. The van der Waals surface area contributed by atoms with Crippen molar-refractivity contribution in [2.24, 2.45) is 11.8 Å². The molecule has 1 aliphatic rings. The van der Waals surface area contributed by atoms with Gasteiger partial charge in [-0.15, -0.1) is 11.6 Å². The van der Waals surface area contributed by atoms with Crippen LogP contribution in [0, 0.1) is 5.92 Å². The van der Waals surface area contributed by atoms with E-state index in [1.807, 2.05) is 13.8 Å². The summed E-state index contributed by atoms with van der Waals surface area (Å²) in [5.41, 5.74) is 13.4. The average molecular weight is 438 g/mol. The first kappa shape index (κ1) is 22.8. The maximum absolute atomic E-state index is 13.0. The number of carbonyl (C=O) groups excluding carboxylic acids is 2. The van der Waals surface area contributed by atoms with Crippen molar-refractivity contribution in [2.45, 2.75) is 32.6 Å². The molecule has 6 N–H and O–H groups in total. The summed E-state index contributed by atoms with van der Waals surface area (Å²) in [5, 5.41) is 1.13. The number of nitrogen functional groups attached to an aromatic ring is 1. The number of nitrogens with zero attached hydrogens (tertiary/aromatic N) is 1. The molecule has 2 amide bonds. The summed E-state index contributed by atoms with van der Waals surface area (Å²) in [7, 11) is 0. The molecule has 1 unspecified atom stereocenters. The number of halogens is 2. The number of hydrogen-bond donors (Lipinski definition) is 4. The van der Waals surface area contributed by atoms with Crippen molar-refractivity contribution in [1.29, 1.82) is 0 Å². The Morgan fingerprint density at radius 3 is 2.52 bits per heavy atom. The first-order valence-electron chi connectivity index (χ1n) is 9.04. The Bertz CT molecular complexity index is 893. The molecular formula is C20H25Cl2N5O2. The molecule has 1 aromatic carbocycles. The van der Waals surface area contributed by atoms with Gasteiger partial charge in [0, 0.05) is 39.7 Å². The first-order chi connectivity index (χ1) is 13.6. The van der Waals surface area contributed by atoms with E-state index in [-0.39, 0.29) is 11.8 Å². The van der Waals surface area contributed by atoms with Gasteiger partial charge in [0.25, 0.3) is 11.8 Å². The van der Waals surface area contributed by atoms with Crippen LogP contribution < -0.4 is 22.4 Å². The molecule has 2 rings (SSSR count). The summed E-state index contributed by atoms with van der Waals surface area (Å²) in [4.78, 5) is 25.3. The zero-order chi connectivity index (χ0) is 21.7. The second kappa shape index (κ2) is 9.82. The van der Waals surface area contributed by atoms with Crippen LogP contribution in [0.5, 0.6) is 0 Å². The summed E-state index contributed by atoms with van der Waals surface area (Å²) >= 11 is 12.1. The maximum atomic E-state index is 13.0. The third-order valence-corrected chi connectivity index (χ3v) is 5.27. The van der Waals surface area contributed by atoms with E-state index in [1.165, 1.54) is 0 Å². The number of benzene rings is 1. The van der Waals surface area contributed by atoms with E-state index in [0.717, 1.165) is 5.01 Å². The molecule has 0 bridgehead atoms. The van der Waals surface area contributed by atoms with Gasteiger partial charge < -0.3 is 11.2 Å². The van der Waals surface area contributed by atoms with E-state index in [1.54, 1.807) is 43.3 Å². The molecule has 0 saturated carbocycles. The van der Waals surface area contributed by atoms with Crippen molar-refractivity contribution in [3.8, 4) is 0 Å². The minimum Gasteiger partial charge on any atom is -0.399 e. The molecule has 0 heterocycles.